The van der Waals surface area contributed by atoms with Crippen LogP contribution in [0.5, 0.6) is 0 Å². The second kappa shape index (κ2) is 11.0. The number of ether oxygens (including phenoxy) is 1. The SMILES string of the molecule is COC(=O)[C@@H]1CCCN1C(=O)[C@@H](C)CC(=O)[C@@H](Cc1ccccc1)NC(=O)c1cccs1. The lowest BCUT2D eigenvalue weighted by molar-refractivity contribution is -0.152. The van der Waals surface area contributed by atoms with E-state index in [9.17, 15) is 19.2 Å². The third kappa shape index (κ3) is 5.82. The van der Waals surface area contributed by atoms with Crippen molar-refractivity contribution in [2.75, 3.05) is 13.7 Å². The lowest BCUT2D eigenvalue weighted by Crippen LogP contribution is -2.46. The molecule has 1 saturated heterocycles. The normalized spacial score (nSPS) is 17.4. The summed E-state index contributed by atoms with van der Waals surface area (Å²) in [5.41, 5.74) is 0.918. The van der Waals surface area contributed by atoms with Crippen LogP contribution in [-0.2, 0) is 25.5 Å². The minimum Gasteiger partial charge on any atom is -0.467 e. The first kappa shape index (κ1) is 23.7. The molecule has 1 aromatic heterocycles. The lowest BCUT2D eigenvalue weighted by atomic mass is 9.94. The zero-order valence-electron chi connectivity index (χ0n) is 18.3. The van der Waals surface area contributed by atoms with Crippen LogP contribution in [0.2, 0.25) is 0 Å². The summed E-state index contributed by atoms with van der Waals surface area (Å²) in [7, 11) is 1.31. The number of carbonyl (C=O) groups is 4. The predicted molar refractivity (Wildman–Crippen MR) is 121 cm³/mol. The molecule has 1 fully saturated rings. The number of methoxy groups -OCH3 is 1. The van der Waals surface area contributed by atoms with Gasteiger partial charge in [0.1, 0.15) is 6.04 Å². The van der Waals surface area contributed by atoms with Gasteiger partial charge in [-0.25, -0.2) is 4.79 Å². The van der Waals surface area contributed by atoms with E-state index >= 15 is 0 Å². The maximum atomic E-state index is 13.2. The molecule has 1 N–H and O–H groups in total. The fraction of sp³-hybridized carbons (Fsp3) is 0.417. The third-order valence-corrected chi connectivity index (χ3v) is 6.53. The number of Topliss-reactive ketones (excluding diaryl/α,β-unsaturated/α-hetero) is 1. The molecule has 32 heavy (non-hydrogen) atoms. The number of thiophene rings is 1. The molecule has 0 aliphatic carbocycles. The summed E-state index contributed by atoms with van der Waals surface area (Å²) in [5.74, 6) is -1.80. The van der Waals surface area contributed by atoms with E-state index < -0.39 is 24.0 Å². The molecule has 1 aromatic carbocycles. The maximum Gasteiger partial charge on any atom is 0.328 e. The van der Waals surface area contributed by atoms with E-state index in [0.29, 0.717) is 24.3 Å². The van der Waals surface area contributed by atoms with E-state index in [4.69, 9.17) is 4.74 Å². The number of likely N-dealkylation sites (tertiary alicyclic amines) is 1. The molecule has 2 amide bonds. The van der Waals surface area contributed by atoms with Crippen molar-refractivity contribution in [2.24, 2.45) is 5.92 Å². The Hall–Kier alpha value is -3.00. The van der Waals surface area contributed by atoms with Crippen LogP contribution in [0.3, 0.4) is 0 Å². The summed E-state index contributed by atoms with van der Waals surface area (Å²) in [6.07, 6.45) is 1.60. The summed E-state index contributed by atoms with van der Waals surface area (Å²) in [5, 5.41) is 4.64. The van der Waals surface area contributed by atoms with Crippen molar-refractivity contribution in [3.05, 3.63) is 58.3 Å². The molecule has 170 valence electrons. The molecule has 8 heteroatoms. The van der Waals surface area contributed by atoms with Crippen LogP contribution in [-0.4, -0.2) is 54.2 Å². The topological polar surface area (TPSA) is 92.8 Å². The van der Waals surface area contributed by atoms with Crippen molar-refractivity contribution >= 4 is 34.9 Å². The van der Waals surface area contributed by atoms with Crippen LogP contribution >= 0.6 is 11.3 Å². The Morgan fingerprint density at radius 2 is 1.91 bits per heavy atom. The number of benzene rings is 1. The molecule has 0 bridgehead atoms. The van der Waals surface area contributed by atoms with Crippen LogP contribution in [0.15, 0.2) is 47.8 Å². The van der Waals surface area contributed by atoms with Crippen LogP contribution in [0.25, 0.3) is 0 Å². The summed E-state index contributed by atoms with van der Waals surface area (Å²) in [6, 6.07) is 11.6. The van der Waals surface area contributed by atoms with Crippen molar-refractivity contribution < 1.29 is 23.9 Å². The Morgan fingerprint density at radius 3 is 2.56 bits per heavy atom. The maximum absolute atomic E-state index is 13.2. The van der Waals surface area contributed by atoms with Crippen LogP contribution < -0.4 is 5.32 Å². The first-order valence-electron chi connectivity index (χ1n) is 10.7. The average Bonchev–Trinajstić information content (AvgIpc) is 3.50. The monoisotopic (exact) mass is 456 g/mol. The van der Waals surface area contributed by atoms with E-state index in [1.54, 1.807) is 24.4 Å². The molecule has 0 spiro atoms. The summed E-state index contributed by atoms with van der Waals surface area (Å²) in [6.45, 7) is 2.16. The first-order chi connectivity index (χ1) is 15.4. The molecule has 3 rings (SSSR count). The Balaban J connectivity index is 1.69. The molecule has 1 aliphatic rings. The largest absolute Gasteiger partial charge is 0.467 e. The average molecular weight is 457 g/mol. The van der Waals surface area contributed by atoms with E-state index in [1.807, 2.05) is 30.3 Å². The number of nitrogens with zero attached hydrogens (tertiary/aromatic N) is 1. The number of hydrogen-bond acceptors (Lipinski definition) is 6. The second-order valence-corrected chi connectivity index (χ2v) is 8.93. The lowest BCUT2D eigenvalue weighted by Gasteiger charge is -2.26. The highest BCUT2D eigenvalue weighted by molar-refractivity contribution is 7.12. The minimum absolute atomic E-state index is 0.0224. The predicted octanol–water partition coefficient (Wildman–Crippen LogP) is 2.85. The summed E-state index contributed by atoms with van der Waals surface area (Å²) >= 11 is 1.30. The molecule has 0 unspecified atom stereocenters. The smallest absolute Gasteiger partial charge is 0.328 e. The van der Waals surface area contributed by atoms with Crippen LogP contribution in [0.1, 0.15) is 41.4 Å². The van der Waals surface area contributed by atoms with Gasteiger partial charge in [-0.05, 0) is 36.3 Å². The quantitative estimate of drug-likeness (QED) is 0.586. The fourth-order valence-electron chi connectivity index (χ4n) is 3.96. The summed E-state index contributed by atoms with van der Waals surface area (Å²) < 4.78 is 4.81. The van der Waals surface area contributed by atoms with Crippen molar-refractivity contribution in [2.45, 2.75) is 44.7 Å². The number of esters is 1. The zero-order chi connectivity index (χ0) is 23.1. The third-order valence-electron chi connectivity index (χ3n) is 5.66. The van der Waals surface area contributed by atoms with Gasteiger partial charge in [0, 0.05) is 18.9 Å². The van der Waals surface area contributed by atoms with E-state index in [1.165, 1.54) is 23.3 Å². The van der Waals surface area contributed by atoms with Gasteiger partial charge in [0.15, 0.2) is 5.78 Å². The van der Waals surface area contributed by atoms with Crippen LogP contribution in [0.4, 0.5) is 0 Å². The number of carbonyl (C=O) groups excluding carboxylic acids is 4. The molecule has 0 saturated carbocycles. The summed E-state index contributed by atoms with van der Waals surface area (Å²) in [4.78, 5) is 52.8. The van der Waals surface area contributed by atoms with Crippen LogP contribution in [0, 0.1) is 5.92 Å². The highest BCUT2D eigenvalue weighted by Crippen LogP contribution is 2.22. The van der Waals surface area contributed by atoms with Crippen molar-refractivity contribution in [1.82, 2.24) is 10.2 Å². The fourth-order valence-corrected chi connectivity index (χ4v) is 4.59. The number of ketones is 1. The molecule has 2 heterocycles. The van der Waals surface area contributed by atoms with Gasteiger partial charge in [0.25, 0.3) is 5.91 Å². The first-order valence-corrected chi connectivity index (χ1v) is 11.6. The molecule has 1 aliphatic heterocycles. The van der Waals surface area contributed by atoms with Gasteiger partial charge in [0.2, 0.25) is 5.91 Å². The Labute approximate surface area is 191 Å². The molecule has 7 nitrogen and oxygen atoms in total. The van der Waals surface area contributed by atoms with Crippen molar-refractivity contribution in [1.29, 1.82) is 0 Å². The van der Waals surface area contributed by atoms with Gasteiger partial charge in [-0.2, -0.15) is 0 Å². The van der Waals surface area contributed by atoms with Gasteiger partial charge in [-0.15, -0.1) is 11.3 Å². The molecule has 3 atom stereocenters. The number of hydrogen-bond donors (Lipinski definition) is 1. The molecular weight excluding hydrogens is 428 g/mol. The number of nitrogens with one attached hydrogen (secondary N) is 1. The van der Waals surface area contributed by atoms with Gasteiger partial charge in [-0.3, -0.25) is 14.4 Å². The second-order valence-electron chi connectivity index (χ2n) is 7.98. The van der Waals surface area contributed by atoms with Gasteiger partial charge in [0.05, 0.1) is 18.0 Å². The highest BCUT2D eigenvalue weighted by Gasteiger charge is 2.37. The highest BCUT2D eigenvalue weighted by atomic mass is 32.1. The number of rotatable bonds is 9. The zero-order valence-corrected chi connectivity index (χ0v) is 19.1. The molecule has 2 aromatic rings. The van der Waals surface area contributed by atoms with Gasteiger partial charge >= 0.3 is 5.97 Å². The standard InChI is InChI=1S/C24H28N2O5S/c1-16(23(29)26-12-6-10-19(26)24(30)31-2)14-20(27)18(15-17-8-4-3-5-9-17)25-22(28)21-11-7-13-32-21/h3-5,7-9,11,13,16,18-19H,6,10,12,14-15H2,1-2H3,(H,25,28)/t16-,18+,19-/m0/s1. The van der Waals surface area contributed by atoms with Crippen molar-refractivity contribution in [3.63, 3.8) is 0 Å². The Morgan fingerprint density at radius 1 is 1.16 bits per heavy atom. The van der Waals surface area contributed by atoms with Gasteiger partial charge < -0.3 is 15.0 Å². The minimum atomic E-state index is -0.753. The van der Waals surface area contributed by atoms with Crippen molar-refractivity contribution in [3.8, 4) is 0 Å². The van der Waals surface area contributed by atoms with E-state index in [-0.39, 0.29) is 24.0 Å². The molecule has 0 radical (unpaired) electrons. The Bertz CT molecular complexity index is 945. The van der Waals surface area contributed by atoms with E-state index in [0.717, 1.165) is 12.0 Å². The number of amides is 2. The Kier molecular flexibility index (Phi) is 8.16. The van der Waals surface area contributed by atoms with E-state index in [2.05, 4.69) is 5.32 Å². The van der Waals surface area contributed by atoms with Gasteiger partial charge in [-0.1, -0.05) is 43.3 Å². The molecular formula is C24H28N2O5S.